The molecule has 0 aromatic carbocycles. The Bertz CT molecular complexity index is 400. The van der Waals surface area contributed by atoms with Crippen molar-refractivity contribution in [3.8, 4) is 0 Å². The van der Waals surface area contributed by atoms with Crippen molar-refractivity contribution >= 4 is 24.5 Å². The molecule has 0 radical (unpaired) electrons. The van der Waals surface area contributed by atoms with Gasteiger partial charge in [0.1, 0.15) is 5.60 Å². The molecule has 1 unspecified atom stereocenters. The van der Waals surface area contributed by atoms with E-state index in [9.17, 15) is 14.7 Å². The molecule has 2 saturated heterocycles. The summed E-state index contributed by atoms with van der Waals surface area (Å²) >= 11 is 0. The standard InChI is InChI=1S/C14H24N2O4.ClH/c1-13(2,3)20-12(19)16-6-4-14(5-7-16)9-15-8-10(14)11(17)18;/h10,15H,4-9H2,1-3H3,(H,17,18);1H. The first-order valence-corrected chi connectivity index (χ1v) is 7.15. The fourth-order valence-electron chi connectivity index (χ4n) is 3.14. The zero-order valence-corrected chi connectivity index (χ0v) is 13.7. The third-order valence-corrected chi connectivity index (χ3v) is 4.27. The summed E-state index contributed by atoms with van der Waals surface area (Å²) in [5.74, 6) is -1.08. The second-order valence-electron chi connectivity index (χ2n) is 6.85. The van der Waals surface area contributed by atoms with Gasteiger partial charge in [0.15, 0.2) is 0 Å². The van der Waals surface area contributed by atoms with E-state index in [4.69, 9.17) is 4.74 Å². The molecule has 0 saturated carbocycles. The zero-order valence-electron chi connectivity index (χ0n) is 12.8. The van der Waals surface area contributed by atoms with E-state index in [1.54, 1.807) is 4.90 Å². The van der Waals surface area contributed by atoms with Gasteiger partial charge >= 0.3 is 12.1 Å². The quantitative estimate of drug-likeness (QED) is 0.769. The number of aliphatic carboxylic acids is 1. The summed E-state index contributed by atoms with van der Waals surface area (Å²) < 4.78 is 5.36. The van der Waals surface area contributed by atoms with Gasteiger partial charge in [0.25, 0.3) is 0 Å². The van der Waals surface area contributed by atoms with Gasteiger partial charge in [0, 0.05) is 31.6 Å². The molecule has 21 heavy (non-hydrogen) atoms. The lowest BCUT2D eigenvalue weighted by molar-refractivity contribution is -0.145. The molecule has 2 N–H and O–H groups in total. The number of piperidine rings is 1. The molecule has 0 aliphatic carbocycles. The van der Waals surface area contributed by atoms with Crippen molar-refractivity contribution in [2.24, 2.45) is 11.3 Å². The largest absolute Gasteiger partial charge is 0.481 e. The van der Waals surface area contributed by atoms with E-state index in [-0.39, 0.29) is 29.8 Å². The van der Waals surface area contributed by atoms with Crippen LogP contribution in [0.15, 0.2) is 0 Å². The van der Waals surface area contributed by atoms with Gasteiger partial charge in [0.2, 0.25) is 0 Å². The van der Waals surface area contributed by atoms with E-state index in [0.29, 0.717) is 19.6 Å². The molecule has 2 heterocycles. The minimum absolute atomic E-state index is 0. The Labute approximate surface area is 131 Å². The number of halogens is 1. The lowest BCUT2D eigenvalue weighted by atomic mass is 9.71. The zero-order chi connectivity index (χ0) is 15.0. The molecular weight excluding hydrogens is 296 g/mol. The lowest BCUT2D eigenvalue weighted by Gasteiger charge is -2.41. The van der Waals surface area contributed by atoms with Gasteiger partial charge in [0.05, 0.1) is 5.92 Å². The van der Waals surface area contributed by atoms with Crippen LogP contribution in [0, 0.1) is 11.3 Å². The summed E-state index contributed by atoms with van der Waals surface area (Å²) in [4.78, 5) is 25.0. The van der Waals surface area contributed by atoms with Crippen LogP contribution >= 0.6 is 12.4 Å². The number of ether oxygens (including phenoxy) is 1. The summed E-state index contributed by atoms with van der Waals surface area (Å²) in [5, 5.41) is 12.5. The SMILES string of the molecule is CC(C)(C)OC(=O)N1CCC2(CC1)CNCC2C(=O)O.Cl. The smallest absolute Gasteiger partial charge is 0.410 e. The van der Waals surface area contributed by atoms with Crippen LogP contribution in [0.3, 0.4) is 0 Å². The molecule has 6 nitrogen and oxygen atoms in total. The molecule has 7 heteroatoms. The van der Waals surface area contributed by atoms with E-state index in [1.807, 2.05) is 20.8 Å². The number of nitrogens with zero attached hydrogens (tertiary/aromatic N) is 1. The average molecular weight is 321 g/mol. The topological polar surface area (TPSA) is 78.9 Å². The Morgan fingerprint density at radius 3 is 2.33 bits per heavy atom. The molecule has 2 rings (SSSR count). The minimum Gasteiger partial charge on any atom is -0.481 e. The number of carboxylic acid groups (broad SMARTS) is 1. The van der Waals surface area contributed by atoms with Crippen LogP contribution < -0.4 is 5.32 Å². The first-order chi connectivity index (χ1) is 9.23. The first-order valence-electron chi connectivity index (χ1n) is 7.15. The monoisotopic (exact) mass is 320 g/mol. The van der Waals surface area contributed by atoms with Crippen molar-refractivity contribution in [3.05, 3.63) is 0 Å². The lowest BCUT2D eigenvalue weighted by Crippen LogP contribution is -2.49. The first kappa shape index (κ1) is 18.0. The van der Waals surface area contributed by atoms with Gasteiger partial charge in [-0.15, -0.1) is 12.4 Å². The Morgan fingerprint density at radius 2 is 1.86 bits per heavy atom. The predicted octanol–water partition coefficient (Wildman–Crippen LogP) is 1.73. The molecule has 0 bridgehead atoms. The Balaban J connectivity index is 0.00000220. The van der Waals surface area contributed by atoms with Gasteiger partial charge in [-0.2, -0.15) is 0 Å². The molecule has 0 aromatic heterocycles. The maximum absolute atomic E-state index is 12.0. The molecular formula is C14H25ClN2O4. The number of likely N-dealkylation sites (tertiary alicyclic amines) is 1. The third-order valence-electron chi connectivity index (χ3n) is 4.27. The molecule has 122 valence electrons. The van der Waals surface area contributed by atoms with E-state index < -0.39 is 11.6 Å². The molecule has 2 fully saturated rings. The third kappa shape index (κ3) is 4.01. The Hall–Kier alpha value is -1.01. The van der Waals surface area contributed by atoms with Crippen molar-refractivity contribution < 1.29 is 19.4 Å². The maximum atomic E-state index is 12.0. The van der Waals surface area contributed by atoms with E-state index in [2.05, 4.69) is 5.32 Å². The summed E-state index contributed by atoms with van der Waals surface area (Å²) in [7, 11) is 0. The number of amides is 1. The summed E-state index contributed by atoms with van der Waals surface area (Å²) in [6.07, 6.45) is 1.14. The Kier molecular flexibility index (Phi) is 5.50. The van der Waals surface area contributed by atoms with Crippen molar-refractivity contribution in [2.75, 3.05) is 26.2 Å². The van der Waals surface area contributed by atoms with Gasteiger partial charge in [-0.05, 0) is 33.6 Å². The van der Waals surface area contributed by atoms with Gasteiger partial charge in [-0.3, -0.25) is 4.79 Å². The van der Waals surface area contributed by atoms with Gasteiger partial charge in [-0.25, -0.2) is 4.79 Å². The fraction of sp³-hybridized carbons (Fsp3) is 0.857. The highest BCUT2D eigenvalue weighted by Crippen LogP contribution is 2.41. The summed E-state index contributed by atoms with van der Waals surface area (Å²) in [6.45, 7) is 7.93. The Morgan fingerprint density at radius 1 is 1.29 bits per heavy atom. The second-order valence-corrected chi connectivity index (χ2v) is 6.85. The van der Waals surface area contributed by atoms with Crippen LogP contribution in [0.25, 0.3) is 0 Å². The highest BCUT2D eigenvalue weighted by Gasteiger charge is 2.49. The number of hydrogen-bond acceptors (Lipinski definition) is 4. The molecule has 0 aromatic rings. The maximum Gasteiger partial charge on any atom is 0.410 e. The fourth-order valence-corrected chi connectivity index (χ4v) is 3.14. The highest BCUT2D eigenvalue weighted by atomic mass is 35.5. The molecule has 1 spiro atoms. The normalized spacial score (nSPS) is 24.5. The van der Waals surface area contributed by atoms with Crippen LogP contribution in [0.5, 0.6) is 0 Å². The number of carbonyl (C=O) groups excluding carboxylic acids is 1. The second kappa shape index (κ2) is 6.40. The number of hydrogen-bond donors (Lipinski definition) is 2. The molecule has 1 amide bonds. The summed E-state index contributed by atoms with van der Waals surface area (Å²) in [5.41, 5.74) is -0.699. The van der Waals surface area contributed by atoms with E-state index >= 15 is 0 Å². The number of nitrogens with one attached hydrogen (secondary N) is 1. The average Bonchev–Trinajstić information content (AvgIpc) is 2.71. The van der Waals surface area contributed by atoms with E-state index in [1.165, 1.54) is 0 Å². The van der Waals surface area contributed by atoms with Crippen molar-refractivity contribution in [3.63, 3.8) is 0 Å². The van der Waals surface area contributed by atoms with Crippen molar-refractivity contribution in [2.45, 2.75) is 39.2 Å². The van der Waals surface area contributed by atoms with Crippen LogP contribution in [0.4, 0.5) is 4.79 Å². The summed E-state index contributed by atoms with van der Waals surface area (Å²) in [6, 6.07) is 0. The number of carboxylic acids is 1. The van der Waals surface area contributed by atoms with Crippen LogP contribution in [0.1, 0.15) is 33.6 Å². The molecule has 1 atom stereocenters. The highest BCUT2D eigenvalue weighted by molar-refractivity contribution is 5.85. The van der Waals surface area contributed by atoms with Crippen molar-refractivity contribution in [1.82, 2.24) is 10.2 Å². The molecule has 2 aliphatic heterocycles. The van der Waals surface area contributed by atoms with Crippen LogP contribution in [0.2, 0.25) is 0 Å². The predicted molar refractivity (Wildman–Crippen MR) is 80.7 cm³/mol. The van der Waals surface area contributed by atoms with Gasteiger partial charge in [-0.1, -0.05) is 0 Å². The van der Waals surface area contributed by atoms with Gasteiger partial charge < -0.3 is 20.1 Å². The minimum atomic E-state index is -0.735. The van der Waals surface area contributed by atoms with E-state index in [0.717, 1.165) is 19.4 Å². The number of rotatable bonds is 1. The van der Waals surface area contributed by atoms with Crippen LogP contribution in [-0.4, -0.2) is 53.8 Å². The number of carbonyl (C=O) groups is 2. The van der Waals surface area contributed by atoms with Crippen LogP contribution in [-0.2, 0) is 9.53 Å². The molecule has 2 aliphatic rings. The van der Waals surface area contributed by atoms with Crippen molar-refractivity contribution in [1.29, 1.82) is 0 Å².